The smallest absolute Gasteiger partial charge is 0.293 e. The van der Waals surface area contributed by atoms with Gasteiger partial charge in [0.05, 0.1) is 5.69 Å². The van der Waals surface area contributed by atoms with Gasteiger partial charge >= 0.3 is 0 Å². The molecule has 0 saturated carbocycles. The molecular weight excluding hydrogens is 321 g/mol. The van der Waals surface area contributed by atoms with E-state index >= 15 is 0 Å². The Kier molecular flexibility index (Phi) is 5.13. The van der Waals surface area contributed by atoms with Crippen molar-refractivity contribution in [3.05, 3.63) is 41.7 Å². The summed E-state index contributed by atoms with van der Waals surface area (Å²) >= 11 is 0. The SMILES string of the molecule is CCC1CN(C)CCCN1C(=O)c1nc(C)n(-c2ccc(F)cc2)n1. The Morgan fingerprint density at radius 3 is 2.68 bits per heavy atom. The monoisotopic (exact) mass is 345 g/mol. The van der Waals surface area contributed by atoms with Crippen LogP contribution in [0.1, 0.15) is 36.2 Å². The highest BCUT2D eigenvalue weighted by atomic mass is 19.1. The zero-order valence-corrected chi connectivity index (χ0v) is 14.9. The van der Waals surface area contributed by atoms with Gasteiger partial charge in [-0.3, -0.25) is 4.79 Å². The van der Waals surface area contributed by atoms with Gasteiger partial charge in [-0.1, -0.05) is 6.92 Å². The minimum Gasteiger partial charge on any atom is -0.332 e. The Labute approximate surface area is 147 Å². The number of carbonyl (C=O) groups excluding carboxylic acids is 1. The van der Waals surface area contributed by atoms with Crippen LogP contribution in [0.25, 0.3) is 5.69 Å². The molecule has 1 aromatic carbocycles. The summed E-state index contributed by atoms with van der Waals surface area (Å²) in [6.07, 6.45) is 1.84. The van der Waals surface area contributed by atoms with E-state index in [1.807, 2.05) is 4.90 Å². The molecule has 7 heteroatoms. The molecule has 0 N–H and O–H groups in total. The first-order valence-corrected chi connectivity index (χ1v) is 8.68. The fraction of sp³-hybridized carbons (Fsp3) is 0.500. The standard InChI is InChI=1S/C18H24FN5O/c1-4-15-12-22(3)10-5-11-23(15)18(25)17-20-13(2)24(21-17)16-8-6-14(19)7-9-16/h6-9,15H,4-5,10-12H2,1-3H3. The van der Waals surface area contributed by atoms with Crippen molar-refractivity contribution in [1.29, 1.82) is 0 Å². The summed E-state index contributed by atoms with van der Waals surface area (Å²) in [5.74, 6) is 0.364. The van der Waals surface area contributed by atoms with E-state index in [1.165, 1.54) is 12.1 Å². The molecule has 1 atom stereocenters. The molecule has 0 spiro atoms. The van der Waals surface area contributed by atoms with Crippen LogP contribution in [0.2, 0.25) is 0 Å². The Morgan fingerprint density at radius 2 is 2.00 bits per heavy atom. The summed E-state index contributed by atoms with van der Waals surface area (Å²) in [6, 6.07) is 6.16. The Bertz CT molecular complexity index is 742. The van der Waals surface area contributed by atoms with E-state index < -0.39 is 0 Å². The molecule has 1 fully saturated rings. The number of benzene rings is 1. The number of aromatic nitrogens is 3. The van der Waals surface area contributed by atoms with Crippen molar-refractivity contribution in [3.63, 3.8) is 0 Å². The van der Waals surface area contributed by atoms with Crippen LogP contribution in [0.4, 0.5) is 4.39 Å². The lowest BCUT2D eigenvalue weighted by Gasteiger charge is -2.29. The van der Waals surface area contributed by atoms with E-state index in [2.05, 4.69) is 29.0 Å². The highest BCUT2D eigenvalue weighted by Crippen LogP contribution is 2.16. The van der Waals surface area contributed by atoms with Gasteiger partial charge in [-0.05, 0) is 57.6 Å². The molecule has 0 aliphatic carbocycles. The summed E-state index contributed by atoms with van der Waals surface area (Å²) in [6.45, 7) is 6.45. The number of aryl methyl sites for hydroxylation is 1. The van der Waals surface area contributed by atoms with E-state index in [0.29, 0.717) is 18.1 Å². The third-order valence-corrected chi connectivity index (χ3v) is 4.67. The molecule has 1 amide bonds. The minimum absolute atomic E-state index is 0.133. The van der Waals surface area contributed by atoms with Gasteiger partial charge in [-0.25, -0.2) is 14.1 Å². The topological polar surface area (TPSA) is 54.3 Å². The molecule has 1 aliphatic heterocycles. The van der Waals surface area contributed by atoms with Gasteiger partial charge in [-0.15, -0.1) is 5.10 Å². The van der Waals surface area contributed by atoms with Crippen molar-refractivity contribution in [3.8, 4) is 5.69 Å². The van der Waals surface area contributed by atoms with E-state index in [1.54, 1.807) is 23.7 Å². The minimum atomic E-state index is -0.308. The lowest BCUT2D eigenvalue weighted by atomic mass is 10.2. The number of carbonyl (C=O) groups is 1. The van der Waals surface area contributed by atoms with Crippen LogP contribution in [0.15, 0.2) is 24.3 Å². The molecule has 1 aliphatic rings. The van der Waals surface area contributed by atoms with Gasteiger partial charge in [0.1, 0.15) is 11.6 Å². The van der Waals surface area contributed by atoms with Gasteiger partial charge in [0.25, 0.3) is 5.91 Å². The molecule has 1 unspecified atom stereocenters. The number of hydrogen-bond acceptors (Lipinski definition) is 4. The second kappa shape index (κ2) is 7.31. The first kappa shape index (κ1) is 17.5. The molecule has 0 radical (unpaired) electrons. The van der Waals surface area contributed by atoms with Crippen molar-refractivity contribution in [1.82, 2.24) is 24.6 Å². The normalized spacial score (nSPS) is 19.0. The number of amides is 1. The summed E-state index contributed by atoms with van der Waals surface area (Å²) in [4.78, 5) is 21.5. The van der Waals surface area contributed by atoms with Crippen LogP contribution in [0.3, 0.4) is 0 Å². The number of halogens is 1. The Balaban J connectivity index is 1.87. The molecule has 2 aromatic rings. The average Bonchev–Trinajstić information content (AvgIpc) is 2.88. The molecule has 25 heavy (non-hydrogen) atoms. The van der Waals surface area contributed by atoms with Crippen molar-refractivity contribution < 1.29 is 9.18 Å². The lowest BCUT2D eigenvalue weighted by molar-refractivity contribution is 0.0663. The first-order chi connectivity index (χ1) is 12.0. The van der Waals surface area contributed by atoms with Gasteiger partial charge in [0.15, 0.2) is 0 Å². The number of hydrogen-bond donors (Lipinski definition) is 0. The van der Waals surface area contributed by atoms with Crippen molar-refractivity contribution in [2.75, 3.05) is 26.7 Å². The largest absolute Gasteiger partial charge is 0.332 e. The Morgan fingerprint density at radius 1 is 1.28 bits per heavy atom. The maximum atomic E-state index is 13.1. The van der Waals surface area contributed by atoms with Crippen molar-refractivity contribution >= 4 is 5.91 Å². The highest BCUT2D eigenvalue weighted by Gasteiger charge is 2.29. The van der Waals surface area contributed by atoms with Crippen LogP contribution in [0, 0.1) is 12.7 Å². The number of likely N-dealkylation sites (N-methyl/N-ethyl adjacent to an activating group) is 1. The zero-order chi connectivity index (χ0) is 18.0. The van der Waals surface area contributed by atoms with E-state index in [4.69, 9.17) is 0 Å². The fourth-order valence-electron chi connectivity index (χ4n) is 3.30. The third-order valence-electron chi connectivity index (χ3n) is 4.67. The van der Waals surface area contributed by atoms with E-state index in [9.17, 15) is 9.18 Å². The summed E-state index contributed by atoms with van der Waals surface area (Å²) < 4.78 is 14.7. The molecule has 134 valence electrons. The second-order valence-corrected chi connectivity index (χ2v) is 6.55. The second-order valence-electron chi connectivity index (χ2n) is 6.55. The molecule has 1 saturated heterocycles. The molecule has 6 nitrogen and oxygen atoms in total. The molecule has 2 heterocycles. The fourth-order valence-corrected chi connectivity index (χ4v) is 3.30. The van der Waals surface area contributed by atoms with Crippen LogP contribution in [-0.4, -0.2) is 63.2 Å². The van der Waals surface area contributed by atoms with Gasteiger partial charge < -0.3 is 9.80 Å². The maximum absolute atomic E-state index is 13.1. The third kappa shape index (κ3) is 3.71. The van der Waals surface area contributed by atoms with E-state index in [-0.39, 0.29) is 23.6 Å². The summed E-state index contributed by atoms with van der Waals surface area (Å²) in [5, 5.41) is 4.38. The zero-order valence-electron chi connectivity index (χ0n) is 14.9. The molecule has 0 bridgehead atoms. The average molecular weight is 345 g/mol. The molecule has 1 aromatic heterocycles. The maximum Gasteiger partial charge on any atom is 0.293 e. The van der Waals surface area contributed by atoms with Crippen LogP contribution < -0.4 is 0 Å². The highest BCUT2D eigenvalue weighted by molar-refractivity contribution is 5.90. The first-order valence-electron chi connectivity index (χ1n) is 8.68. The lowest BCUT2D eigenvalue weighted by Crippen LogP contribution is -2.44. The van der Waals surface area contributed by atoms with Crippen LogP contribution in [-0.2, 0) is 0 Å². The summed E-state index contributed by atoms with van der Waals surface area (Å²) in [5.41, 5.74) is 0.688. The van der Waals surface area contributed by atoms with Crippen molar-refractivity contribution in [2.24, 2.45) is 0 Å². The van der Waals surface area contributed by atoms with Crippen LogP contribution in [0.5, 0.6) is 0 Å². The molecule has 3 rings (SSSR count). The van der Waals surface area contributed by atoms with Gasteiger partial charge in [-0.2, -0.15) is 0 Å². The number of rotatable bonds is 3. The predicted molar refractivity (Wildman–Crippen MR) is 93.3 cm³/mol. The van der Waals surface area contributed by atoms with Gasteiger partial charge in [0.2, 0.25) is 5.82 Å². The van der Waals surface area contributed by atoms with Crippen molar-refractivity contribution in [2.45, 2.75) is 32.7 Å². The quantitative estimate of drug-likeness (QED) is 0.856. The van der Waals surface area contributed by atoms with Gasteiger partial charge in [0, 0.05) is 19.1 Å². The molecular formula is C18H24FN5O. The van der Waals surface area contributed by atoms with Crippen LogP contribution >= 0.6 is 0 Å². The van der Waals surface area contributed by atoms with E-state index in [0.717, 1.165) is 25.9 Å². The summed E-state index contributed by atoms with van der Waals surface area (Å²) in [7, 11) is 2.09. The Hall–Kier alpha value is -2.28. The predicted octanol–water partition coefficient (Wildman–Crippen LogP) is 2.27. The number of nitrogens with zero attached hydrogens (tertiary/aromatic N) is 5.